The second-order valence-corrected chi connectivity index (χ2v) is 12.7. The summed E-state index contributed by atoms with van der Waals surface area (Å²) in [5.41, 5.74) is 2.48. The predicted molar refractivity (Wildman–Crippen MR) is 181 cm³/mol. The van der Waals surface area contributed by atoms with Crippen molar-refractivity contribution in [3.05, 3.63) is 108 Å². The number of amides is 3. The summed E-state index contributed by atoms with van der Waals surface area (Å²) in [6, 6.07) is 14.5. The van der Waals surface area contributed by atoms with E-state index in [4.69, 9.17) is 55.9 Å². The molecule has 3 amide bonds. The summed E-state index contributed by atoms with van der Waals surface area (Å²) >= 11 is 26.0. The zero-order valence-corrected chi connectivity index (χ0v) is 28.5. The first-order valence-electron chi connectivity index (χ1n) is 14.0. The minimum absolute atomic E-state index is 0.114. The Bertz CT molecular complexity index is 1870. The van der Waals surface area contributed by atoms with Crippen molar-refractivity contribution in [2.45, 2.75) is 26.3 Å². The first-order valence-corrected chi connectivity index (χ1v) is 16.4. The highest BCUT2D eigenvalue weighted by atomic mass is 35.5. The average molecular weight is 734 g/mol. The molecule has 9 nitrogen and oxygen atoms in total. The van der Waals surface area contributed by atoms with E-state index in [0.29, 0.717) is 16.0 Å². The molecule has 0 fully saturated rings. The van der Waals surface area contributed by atoms with Gasteiger partial charge in [-0.1, -0.05) is 107 Å². The van der Waals surface area contributed by atoms with E-state index in [-0.39, 0.29) is 54.8 Å². The SMILES string of the molecule is CCOC(=O)c1c(-c2ccc(C)cc2)csc1NC(=O)COC(=O)[C@H](Cc1ccccc1)N1C(=O)c2c(Cl)c(Cl)c(Cl)c(Cl)c2C1=O. The Labute approximate surface area is 293 Å². The number of aryl methyl sites for hydroxylation is 1. The Kier molecular flexibility index (Phi) is 10.6. The predicted octanol–water partition coefficient (Wildman–Crippen LogP) is 7.90. The molecule has 47 heavy (non-hydrogen) atoms. The number of imide groups is 1. The van der Waals surface area contributed by atoms with Crippen molar-refractivity contribution in [3.8, 4) is 11.1 Å². The average Bonchev–Trinajstić information content (AvgIpc) is 3.59. The number of fused-ring (bicyclic) bond motifs is 1. The van der Waals surface area contributed by atoms with Gasteiger partial charge in [-0.15, -0.1) is 11.3 Å². The van der Waals surface area contributed by atoms with Crippen LogP contribution in [0.1, 0.15) is 49.1 Å². The minimum Gasteiger partial charge on any atom is -0.462 e. The number of carbonyl (C=O) groups is 5. The molecule has 1 aliphatic rings. The standard InChI is InChI=1S/C33H24Cl4N2O7S/c1-3-45-33(44)22-19(18-11-9-16(2)10-12-18)15-47-29(22)38-21(40)14-46-32(43)20(13-17-7-5-4-6-8-17)39-30(41)23-24(31(39)42)26(35)28(37)27(36)25(23)34/h4-12,15,20H,3,13-14H2,1-2H3,(H,38,40)/t20-/m0/s1. The highest BCUT2D eigenvalue weighted by molar-refractivity contribution is 7.15. The number of hydrogen-bond acceptors (Lipinski definition) is 8. The van der Waals surface area contributed by atoms with Gasteiger partial charge in [-0.05, 0) is 25.0 Å². The molecule has 242 valence electrons. The molecule has 3 aromatic carbocycles. The molecule has 14 heteroatoms. The number of benzene rings is 3. The van der Waals surface area contributed by atoms with Crippen LogP contribution in [0.25, 0.3) is 11.1 Å². The minimum atomic E-state index is -1.52. The number of thiophene rings is 1. The Morgan fingerprint density at radius 1 is 0.851 bits per heavy atom. The van der Waals surface area contributed by atoms with Crippen LogP contribution in [0.15, 0.2) is 60.0 Å². The molecule has 2 heterocycles. The number of esters is 2. The third-order valence-electron chi connectivity index (χ3n) is 7.22. The van der Waals surface area contributed by atoms with Crippen LogP contribution >= 0.6 is 57.7 Å². The summed E-state index contributed by atoms with van der Waals surface area (Å²) in [4.78, 5) is 67.4. The monoisotopic (exact) mass is 732 g/mol. The number of hydrogen-bond donors (Lipinski definition) is 1. The summed E-state index contributed by atoms with van der Waals surface area (Å²) < 4.78 is 10.6. The summed E-state index contributed by atoms with van der Waals surface area (Å²) in [5, 5.41) is 3.50. The van der Waals surface area contributed by atoms with E-state index in [1.54, 1.807) is 42.6 Å². The maximum absolute atomic E-state index is 13.6. The lowest BCUT2D eigenvalue weighted by Crippen LogP contribution is -2.47. The zero-order valence-electron chi connectivity index (χ0n) is 24.7. The first kappa shape index (κ1) is 34.4. The molecule has 1 aliphatic heterocycles. The van der Waals surface area contributed by atoms with E-state index in [1.807, 2.05) is 31.2 Å². The molecule has 1 aromatic heterocycles. The number of nitrogens with zero attached hydrogens (tertiary/aromatic N) is 1. The number of nitrogens with one attached hydrogen (secondary N) is 1. The molecule has 1 atom stereocenters. The Hall–Kier alpha value is -3.93. The van der Waals surface area contributed by atoms with Crippen LogP contribution in [0.2, 0.25) is 20.1 Å². The molecule has 0 radical (unpaired) electrons. The third kappa shape index (κ3) is 6.88. The fraction of sp³-hybridized carbons (Fsp3) is 0.182. The van der Waals surface area contributed by atoms with E-state index < -0.39 is 42.3 Å². The summed E-state index contributed by atoms with van der Waals surface area (Å²) in [6.07, 6.45) is -0.151. The quantitative estimate of drug-likeness (QED) is 0.0762. The van der Waals surface area contributed by atoms with Crippen LogP contribution < -0.4 is 5.32 Å². The Morgan fingerprint density at radius 2 is 1.45 bits per heavy atom. The summed E-state index contributed by atoms with van der Waals surface area (Å²) in [6.45, 7) is 2.92. The van der Waals surface area contributed by atoms with Crippen molar-refractivity contribution >= 4 is 92.4 Å². The van der Waals surface area contributed by atoms with Gasteiger partial charge in [-0.3, -0.25) is 19.3 Å². The van der Waals surface area contributed by atoms with Crippen LogP contribution in [0.5, 0.6) is 0 Å². The normalized spacial score (nSPS) is 12.9. The molecule has 0 bridgehead atoms. The smallest absolute Gasteiger partial charge is 0.341 e. The fourth-order valence-electron chi connectivity index (χ4n) is 4.96. The second kappa shape index (κ2) is 14.5. The fourth-order valence-corrected chi connectivity index (χ4v) is 6.95. The van der Waals surface area contributed by atoms with E-state index in [1.165, 1.54) is 0 Å². The van der Waals surface area contributed by atoms with Gasteiger partial charge >= 0.3 is 11.9 Å². The molecule has 0 saturated carbocycles. The highest BCUT2D eigenvalue weighted by Crippen LogP contribution is 2.45. The van der Waals surface area contributed by atoms with Gasteiger partial charge in [0.2, 0.25) is 0 Å². The van der Waals surface area contributed by atoms with Crippen molar-refractivity contribution in [2.24, 2.45) is 0 Å². The van der Waals surface area contributed by atoms with E-state index in [0.717, 1.165) is 22.5 Å². The highest BCUT2D eigenvalue weighted by Gasteiger charge is 2.47. The van der Waals surface area contributed by atoms with Crippen LogP contribution in [0.3, 0.4) is 0 Å². The number of rotatable bonds is 10. The van der Waals surface area contributed by atoms with Crippen molar-refractivity contribution < 1.29 is 33.4 Å². The maximum atomic E-state index is 13.6. The van der Waals surface area contributed by atoms with Crippen molar-refractivity contribution in [2.75, 3.05) is 18.5 Å². The van der Waals surface area contributed by atoms with Gasteiger partial charge in [0.1, 0.15) is 16.6 Å². The zero-order chi connectivity index (χ0) is 34.0. The van der Waals surface area contributed by atoms with Gasteiger partial charge in [0, 0.05) is 17.4 Å². The van der Waals surface area contributed by atoms with Gasteiger partial charge in [0.25, 0.3) is 17.7 Å². The summed E-state index contributed by atoms with van der Waals surface area (Å²) in [7, 11) is 0. The maximum Gasteiger partial charge on any atom is 0.341 e. The van der Waals surface area contributed by atoms with Crippen LogP contribution in [0.4, 0.5) is 5.00 Å². The number of halogens is 4. The Balaban J connectivity index is 1.39. The van der Waals surface area contributed by atoms with Gasteiger partial charge in [-0.2, -0.15) is 0 Å². The van der Waals surface area contributed by atoms with Gasteiger partial charge in [0.05, 0.1) is 37.8 Å². The van der Waals surface area contributed by atoms with E-state index in [9.17, 15) is 24.0 Å². The molecule has 4 aromatic rings. The van der Waals surface area contributed by atoms with Crippen LogP contribution in [-0.2, 0) is 25.5 Å². The van der Waals surface area contributed by atoms with Crippen LogP contribution in [0, 0.1) is 6.92 Å². The largest absolute Gasteiger partial charge is 0.462 e. The van der Waals surface area contributed by atoms with Crippen LogP contribution in [-0.4, -0.2) is 53.8 Å². The van der Waals surface area contributed by atoms with E-state index in [2.05, 4.69) is 5.32 Å². The molecule has 1 N–H and O–H groups in total. The number of anilines is 1. The number of carbonyl (C=O) groups excluding carboxylic acids is 5. The lowest BCUT2D eigenvalue weighted by molar-refractivity contribution is -0.151. The molecular formula is C33H24Cl4N2O7S. The van der Waals surface area contributed by atoms with E-state index >= 15 is 0 Å². The van der Waals surface area contributed by atoms with Crippen molar-refractivity contribution in [3.63, 3.8) is 0 Å². The van der Waals surface area contributed by atoms with Gasteiger partial charge < -0.3 is 14.8 Å². The lowest BCUT2D eigenvalue weighted by atomic mass is 10.0. The molecule has 0 saturated heterocycles. The molecule has 0 spiro atoms. The lowest BCUT2D eigenvalue weighted by Gasteiger charge is -2.24. The molecular weight excluding hydrogens is 710 g/mol. The molecule has 5 rings (SSSR count). The van der Waals surface area contributed by atoms with Gasteiger partial charge in [0.15, 0.2) is 6.61 Å². The number of ether oxygens (including phenoxy) is 2. The molecule has 0 unspecified atom stereocenters. The second-order valence-electron chi connectivity index (χ2n) is 10.3. The first-order chi connectivity index (χ1) is 22.4. The Morgan fingerprint density at radius 3 is 2.02 bits per heavy atom. The van der Waals surface area contributed by atoms with Crippen molar-refractivity contribution in [1.82, 2.24) is 4.90 Å². The van der Waals surface area contributed by atoms with Crippen molar-refractivity contribution in [1.29, 1.82) is 0 Å². The third-order valence-corrected chi connectivity index (χ3v) is 9.92. The molecule has 0 aliphatic carbocycles. The summed E-state index contributed by atoms with van der Waals surface area (Å²) in [5.74, 6) is -4.33. The van der Waals surface area contributed by atoms with Gasteiger partial charge in [-0.25, -0.2) is 9.59 Å². The topological polar surface area (TPSA) is 119 Å².